The van der Waals surface area contributed by atoms with Gasteiger partial charge in [0, 0.05) is 10.9 Å². The Balaban J connectivity index is 2.27. The number of rotatable bonds is 0. The number of hydrogen-bond donors (Lipinski definition) is 0. The van der Waals surface area contributed by atoms with Gasteiger partial charge in [0.05, 0.1) is 10.2 Å². The van der Waals surface area contributed by atoms with Gasteiger partial charge in [0.15, 0.2) is 0 Å². The van der Waals surface area contributed by atoms with Gasteiger partial charge in [-0.25, -0.2) is 0 Å². The van der Waals surface area contributed by atoms with Crippen LogP contribution in [0.25, 0.3) is 10.8 Å². The molecule has 0 aliphatic carbocycles. The van der Waals surface area contributed by atoms with Gasteiger partial charge in [-0.1, -0.05) is 52.3 Å². The van der Waals surface area contributed by atoms with Crippen molar-refractivity contribution in [1.29, 1.82) is 0 Å². The van der Waals surface area contributed by atoms with Crippen molar-refractivity contribution in [1.82, 2.24) is 0 Å². The highest BCUT2D eigenvalue weighted by Gasteiger charge is 2.28. The highest BCUT2D eigenvalue weighted by Crippen LogP contribution is 2.43. The third kappa shape index (κ3) is 1.52. The van der Waals surface area contributed by atoms with E-state index < -0.39 is 0 Å². The molecule has 2 unspecified atom stereocenters. The molecule has 1 heterocycles. The molecule has 0 aromatic heterocycles. The first kappa shape index (κ1) is 10.4. The van der Waals surface area contributed by atoms with Gasteiger partial charge in [-0.05, 0) is 5.39 Å². The Labute approximate surface area is 107 Å². The molecule has 3 heteroatoms. The summed E-state index contributed by atoms with van der Waals surface area (Å²) in [6.07, 6.45) is 0. The van der Waals surface area contributed by atoms with Crippen LogP contribution in [0.2, 0.25) is 0 Å². The first-order valence-corrected chi connectivity index (χ1v) is 6.55. The second-order valence-electron chi connectivity index (χ2n) is 3.93. The fourth-order valence-corrected chi connectivity index (χ4v) is 2.74. The summed E-state index contributed by atoms with van der Waals surface area (Å²) in [4.78, 5) is 0.183. The molecule has 1 aliphatic heterocycles. The van der Waals surface area contributed by atoms with Gasteiger partial charge in [0.25, 0.3) is 0 Å². The van der Waals surface area contributed by atoms with Gasteiger partial charge in [0.1, 0.15) is 12.4 Å². The normalized spacial score (nSPS) is 23.9. The molecule has 0 spiro atoms. The largest absolute Gasteiger partial charge is 0.491 e. The number of ether oxygens (including phenoxy) is 1. The van der Waals surface area contributed by atoms with E-state index in [0.717, 1.165) is 16.7 Å². The van der Waals surface area contributed by atoms with E-state index in [0.29, 0.717) is 6.61 Å². The predicted octanol–water partition coefficient (Wildman–Crippen LogP) is 4.28. The van der Waals surface area contributed by atoms with Crippen LogP contribution in [0.4, 0.5) is 0 Å². The summed E-state index contributed by atoms with van der Waals surface area (Å²) in [7, 11) is 0. The van der Waals surface area contributed by atoms with Crippen molar-refractivity contribution < 1.29 is 4.74 Å². The van der Waals surface area contributed by atoms with E-state index in [2.05, 4.69) is 40.2 Å². The summed E-state index contributed by atoms with van der Waals surface area (Å²) < 4.78 is 5.79. The minimum absolute atomic E-state index is 0.0200. The van der Waals surface area contributed by atoms with Crippen molar-refractivity contribution in [3.63, 3.8) is 0 Å². The van der Waals surface area contributed by atoms with Crippen molar-refractivity contribution in [2.75, 3.05) is 6.61 Å². The zero-order valence-electron chi connectivity index (χ0n) is 8.49. The number of fused-ring (bicyclic) bond motifs is 3. The van der Waals surface area contributed by atoms with Crippen LogP contribution in [0.5, 0.6) is 5.75 Å². The van der Waals surface area contributed by atoms with Crippen LogP contribution in [0.15, 0.2) is 36.4 Å². The molecule has 0 fully saturated rings. The summed E-state index contributed by atoms with van der Waals surface area (Å²) in [6, 6.07) is 12.4. The fraction of sp³-hybridized carbons (Fsp3) is 0.231. The SMILES string of the molecule is ClC1c2ccc3ccccc3c2OCC1Br. The van der Waals surface area contributed by atoms with E-state index in [1.807, 2.05) is 12.1 Å². The molecule has 1 aliphatic rings. The van der Waals surface area contributed by atoms with Crippen LogP contribution in [0.1, 0.15) is 10.9 Å². The van der Waals surface area contributed by atoms with Gasteiger partial charge in [-0.3, -0.25) is 0 Å². The van der Waals surface area contributed by atoms with Gasteiger partial charge in [0.2, 0.25) is 0 Å². The summed E-state index contributed by atoms with van der Waals surface area (Å²) in [5, 5.41) is 2.32. The maximum absolute atomic E-state index is 6.37. The smallest absolute Gasteiger partial charge is 0.131 e. The van der Waals surface area contributed by atoms with E-state index in [-0.39, 0.29) is 10.2 Å². The number of halogens is 2. The molecule has 2 aromatic rings. The van der Waals surface area contributed by atoms with Crippen LogP contribution < -0.4 is 4.74 Å². The minimum atomic E-state index is -0.0200. The lowest BCUT2D eigenvalue weighted by molar-refractivity contribution is 0.297. The van der Waals surface area contributed by atoms with Crippen LogP contribution in [-0.4, -0.2) is 11.4 Å². The molecule has 0 saturated heterocycles. The fourth-order valence-electron chi connectivity index (χ4n) is 2.08. The molecule has 1 nitrogen and oxygen atoms in total. The molecule has 16 heavy (non-hydrogen) atoms. The molecule has 0 amide bonds. The monoisotopic (exact) mass is 296 g/mol. The quantitative estimate of drug-likeness (QED) is 0.660. The first-order chi connectivity index (χ1) is 7.77. The molecule has 82 valence electrons. The predicted molar refractivity (Wildman–Crippen MR) is 70.8 cm³/mol. The number of alkyl halides is 2. The van der Waals surface area contributed by atoms with Crippen molar-refractivity contribution in [2.45, 2.75) is 10.2 Å². The van der Waals surface area contributed by atoms with Crippen molar-refractivity contribution in [2.24, 2.45) is 0 Å². The molecular formula is C13H10BrClO. The van der Waals surface area contributed by atoms with E-state index in [1.54, 1.807) is 0 Å². The third-order valence-corrected chi connectivity index (χ3v) is 4.55. The first-order valence-electron chi connectivity index (χ1n) is 5.20. The lowest BCUT2D eigenvalue weighted by Crippen LogP contribution is -2.23. The Morgan fingerprint density at radius 2 is 2.00 bits per heavy atom. The second kappa shape index (κ2) is 3.94. The molecule has 2 aromatic carbocycles. The Morgan fingerprint density at radius 3 is 2.88 bits per heavy atom. The van der Waals surface area contributed by atoms with Crippen molar-refractivity contribution in [3.8, 4) is 5.75 Å². The second-order valence-corrected chi connectivity index (χ2v) is 5.58. The topological polar surface area (TPSA) is 9.23 Å². The Bertz CT molecular complexity index is 540. The van der Waals surface area contributed by atoms with Crippen LogP contribution >= 0.6 is 27.5 Å². The van der Waals surface area contributed by atoms with Crippen LogP contribution in [0.3, 0.4) is 0 Å². The van der Waals surface area contributed by atoms with Crippen LogP contribution in [0, 0.1) is 0 Å². The van der Waals surface area contributed by atoms with Crippen molar-refractivity contribution in [3.05, 3.63) is 42.0 Å². The number of benzene rings is 2. The lowest BCUT2D eigenvalue weighted by atomic mass is 10.00. The van der Waals surface area contributed by atoms with E-state index in [9.17, 15) is 0 Å². The molecule has 2 atom stereocenters. The average Bonchev–Trinajstić information content (AvgIpc) is 2.33. The van der Waals surface area contributed by atoms with E-state index in [1.165, 1.54) is 5.39 Å². The van der Waals surface area contributed by atoms with Crippen LogP contribution in [-0.2, 0) is 0 Å². The standard InChI is InChI=1S/C13H10BrClO/c14-11-7-16-13-9-4-2-1-3-8(9)5-6-10(13)12(11)15/h1-6,11-12H,7H2. The Hall–Kier alpha value is -0.730. The van der Waals surface area contributed by atoms with Gasteiger partial charge in [-0.15, -0.1) is 11.6 Å². The Kier molecular flexibility index (Phi) is 2.56. The lowest BCUT2D eigenvalue weighted by Gasteiger charge is -2.27. The Morgan fingerprint density at radius 1 is 1.19 bits per heavy atom. The molecule has 0 radical (unpaired) electrons. The summed E-state index contributed by atoms with van der Waals surface area (Å²) in [6.45, 7) is 0.620. The highest BCUT2D eigenvalue weighted by molar-refractivity contribution is 9.09. The van der Waals surface area contributed by atoms with Crippen molar-refractivity contribution >= 4 is 38.3 Å². The highest BCUT2D eigenvalue weighted by atomic mass is 79.9. The van der Waals surface area contributed by atoms with Gasteiger partial charge < -0.3 is 4.74 Å². The van der Waals surface area contributed by atoms with E-state index >= 15 is 0 Å². The number of hydrogen-bond acceptors (Lipinski definition) is 1. The molecular weight excluding hydrogens is 287 g/mol. The maximum Gasteiger partial charge on any atom is 0.131 e. The average molecular weight is 298 g/mol. The molecule has 0 saturated carbocycles. The molecule has 0 bridgehead atoms. The maximum atomic E-state index is 6.37. The summed E-state index contributed by atoms with van der Waals surface area (Å²) in [5.41, 5.74) is 1.08. The van der Waals surface area contributed by atoms with Gasteiger partial charge >= 0.3 is 0 Å². The summed E-state index contributed by atoms with van der Waals surface area (Å²) >= 11 is 9.90. The van der Waals surface area contributed by atoms with E-state index in [4.69, 9.17) is 16.3 Å². The third-order valence-electron chi connectivity index (χ3n) is 2.91. The zero-order valence-corrected chi connectivity index (χ0v) is 10.8. The minimum Gasteiger partial charge on any atom is -0.491 e. The summed E-state index contributed by atoms with van der Waals surface area (Å²) in [5.74, 6) is 0.939. The zero-order chi connectivity index (χ0) is 11.1. The van der Waals surface area contributed by atoms with Gasteiger partial charge in [-0.2, -0.15) is 0 Å². The molecule has 0 N–H and O–H groups in total. The molecule has 3 rings (SSSR count).